The minimum absolute atomic E-state index is 0.0750. The Morgan fingerprint density at radius 1 is 0.348 bits per heavy atom. The van der Waals surface area contributed by atoms with E-state index in [-0.39, 0.29) is 11.8 Å². The molecule has 3 heterocycles. The van der Waals surface area contributed by atoms with Gasteiger partial charge in [0.15, 0.2) is 11.6 Å². The second-order valence-electron chi connectivity index (χ2n) is 18.1. The zero-order valence-corrected chi connectivity index (χ0v) is 38.0. The molecule has 12 aromatic rings. The molecule has 0 radical (unpaired) electrons. The third kappa shape index (κ3) is 7.15. The topological polar surface area (TPSA) is 48.5 Å². The summed E-state index contributed by atoms with van der Waals surface area (Å²) in [7, 11) is 0. The molecule has 69 heavy (non-hydrogen) atoms. The van der Waals surface area contributed by atoms with Gasteiger partial charge in [-0.05, 0) is 87.8 Å². The van der Waals surface area contributed by atoms with Gasteiger partial charge in [-0.2, -0.15) is 0 Å². The van der Waals surface area contributed by atoms with E-state index in [1.165, 1.54) is 49.2 Å². The highest BCUT2D eigenvalue weighted by Gasteiger charge is 2.25. The van der Waals surface area contributed by atoms with Gasteiger partial charge in [0.1, 0.15) is 5.82 Å². The van der Waals surface area contributed by atoms with E-state index in [0.29, 0.717) is 11.6 Å². The van der Waals surface area contributed by atoms with Crippen LogP contribution < -0.4 is 0 Å². The Kier molecular flexibility index (Phi) is 9.79. The Morgan fingerprint density at radius 3 is 1.46 bits per heavy atom. The van der Waals surface area contributed by atoms with Crippen LogP contribution in [0, 0.1) is 5.92 Å². The number of hydrogen-bond acceptors (Lipinski definition) is 3. The maximum Gasteiger partial charge on any atom is 0.163 e. The third-order valence-electron chi connectivity index (χ3n) is 13.9. The molecule has 9 aromatic carbocycles. The molecule has 0 saturated carbocycles. The molecule has 0 aliphatic heterocycles. The van der Waals surface area contributed by atoms with E-state index in [1.807, 2.05) is 24.3 Å². The normalized spacial score (nSPS) is 14.8. The molecule has 13 rings (SSSR count). The van der Waals surface area contributed by atoms with Crippen molar-refractivity contribution < 1.29 is 0 Å². The second kappa shape index (κ2) is 16.7. The maximum atomic E-state index is 5.24. The van der Waals surface area contributed by atoms with E-state index in [2.05, 4.69) is 234 Å². The van der Waals surface area contributed by atoms with Crippen molar-refractivity contribution in [3.05, 3.63) is 254 Å². The van der Waals surface area contributed by atoms with Crippen molar-refractivity contribution in [2.45, 2.75) is 12.8 Å². The first-order valence-corrected chi connectivity index (χ1v) is 23.7. The van der Waals surface area contributed by atoms with Crippen molar-refractivity contribution in [1.82, 2.24) is 24.1 Å². The van der Waals surface area contributed by atoms with E-state index in [1.54, 1.807) is 0 Å². The lowest BCUT2D eigenvalue weighted by molar-refractivity contribution is 0.602. The summed E-state index contributed by atoms with van der Waals surface area (Å²) < 4.78 is 4.82. The standard InChI is InChI=1S/C64H45N5/c1-42-28-29-48(39-57(42)64-66-62(45-18-7-3-8-19-45)65-63(67-64)46-32-30-44(31-33-46)43-16-5-2-6-17-43)50-35-37-56-54-25-12-14-27-59(54)69(61(56)41-50)52-23-15-20-47(38-52)49-34-36-55-53-24-11-13-26-58(53)68(60(55)40-49)51-21-9-4-10-22-51/h2-42,57H,1H3. The molecule has 0 N–H and O–H groups in total. The van der Waals surface area contributed by atoms with Crippen molar-refractivity contribution >= 4 is 49.2 Å². The van der Waals surface area contributed by atoms with Crippen LogP contribution in [0.1, 0.15) is 24.2 Å². The van der Waals surface area contributed by atoms with Gasteiger partial charge in [0, 0.05) is 50.0 Å². The van der Waals surface area contributed by atoms with E-state index in [4.69, 9.17) is 15.0 Å². The first-order valence-electron chi connectivity index (χ1n) is 23.7. The summed E-state index contributed by atoms with van der Waals surface area (Å²) in [6.07, 6.45) is 6.93. The van der Waals surface area contributed by atoms with Gasteiger partial charge in [-0.15, -0.1) is 0 Å². The first-order chi connectivity index (χ1) is 34.1. The summed E-state index contributed by atoms with van der Waals surface area (Å²) in [5.41, 5.74) is 15.8. The van der Waals surface area contributed by atoms with Gasteiger partial charge >= 0.3 is 0 Å². The van der Waals surface area contributed by atoms with Crippen molar-refractivity contribution in [3.8, 4) is 56.4 Å². The third-order valence-corrected chi connectivity index (χ3v) is 13.9. The van der Waals surface area contributed by atoms with Crippen LogP contribution in [-0.2, 0) is 0 Å². The predicted octanol–water partition coefficient (Wildman–Crippen LogP) is 16.1. The lowest BCUT2D eigenvalue weighted by Crippen LogP contribution is -2.14. The number of aromatic nitrogens is 5. The summed E-state index contributed by atoms with van der Waals surface area (Å²) in [5.74, 6) is 2.19. The van der Waals surface area contributed by atoms with Crippen LogP contribution in [0.25, 0.3) is 106 Å². The van der Waals surface area contributed by atoms with Gasteiger partial charge in [0.2, 0.25) is 0 Å². The van der Waals surface area contributed by atoms with Gasteiger partial charge in [-0.25, -0.2) is 15.0 Å². The second-order valence-corrected chi connectivity index (χ2v) is 18.1. The van der Waals surface area contributed by atoms with Gasteiger partial charge in [0.25, 0.3) is 0 Å². The minimum Gasteiger partial charge on any atom is -0.309 e. The van der Waals surface area contributed by atoms with Crippen LogP contribution in [0.15, 0.2) is 243 Å². The number of benzene rings is 9. The summed E-state index contributed by atoms with van der Waals surface area (Å²) in [4.78, 5) is 15.5. The van der Waals surface area contributed by atoms with E-state index >= 15 is 0 Å². The Morgan fingerprint density at radius 2 is 0.797 bits per heavy atom. The number of rotatable bonds is 8. The van der Waals surface area contributed by atoms with Gasteiger partial charge in [-0.1, -0.05) is 201 Å². The Bertz CT molecular complexity index is 3960. The highest BCUT2D eigenvalue weighted by molar-refractivity contribution is 6.11. The molecular weight excluding hydrogens is 839 g/mol. The highest BCUT2D eigenvalue weighted by atomic mass is 15.0. The lowest BCUT2D eigenvalue weighted by atomic mass is 9.84. The van der Waals surface area contributed by atoms with Crippen molar-refractivity contribution in [2.24, 2.45) is 5.92 Å². The summed E-state index contributed by atoms with van der Waals surface area (Å²) >= 11 is 0. The van der Waals surface area contributed by atoms with E-state index in [9.17, 15) is 0 Å². The molecule has 0 fully saturated rings. The molecule has 5 heteroatoms. The molecule has 2 atom stereocenters. The van der Waals surface area contributed by atoms with Crippen LogP contribution in [-0.4, -0.2) is 24.1 Å². The number of fused-ring (bicyclic) bond motifs is 6. The Hall–Kier alpha value is -8.93. The largest absolute Gasteiger partial charge is 0.309 e. The average molecular weight is 884 g/mol. The van der Waals surface area contributed by atoms with Crippen LogP contribution in [0.3, 0.4) is 0 Å². The fourth-order valence-electron chi connectivity index (χ4n) is 10.4. The molecule has 2 unspecified atom stereocenters. The molecule has 1 aliphatic rings. The molecule has 0 saturated heterocycles. The lowest BCUT2D eigenvalue weighted by Gasteiger charge is -2.23. The Balaban J connectivity index is 0.904. The number of hydrogen-bond donors (Lipinski definition) is 0. The SMILES string of the molecule is CC1C=CC(c2ccc3c4ccccc4n(-c4cccc(-c5ccc6c7ccccc7n(-c7ccccc7)c6c5)c4)c3c2)=CC1c1nc(-c2ccccc2)nc(-c2ccc(-c3ccccc3)cc2)n1. The predicted molar refractivity (Wildman–Crippen MR) is 286 cm³/mol. The molecule has 1 aliphatic carbocycles. The number of nitrogens with zero attached hydrogens (tertiary/aromatic N) is 5. The smallest absolute Gasteiger partial charge is 0.163 e. The highest BCUT2D eigenvalue weighted by Crippen LogP contribution is 2.40. The molecule has 0 bridgehead atoms. The maximum absolute atomic E-state index is 5.24. The molecular formula is C64H45N5. The summed E-state index contributed by atoms with van der Waals surface area (Å²) in [6.45, 7) is 2.25. The van der Waals surface area contributed by atoms with Crippen molar-refractivity contribution in [2.75, 3.05) is 0 Å². The number of allylic oxidation sites excluding steroid dienone is 4. The fraction of sp³-hybridized carbons (Fsp3) is 0.0469. The van der Waals surface area contributed by atoms with Crippen LogP contribution in [0.2, 0.25) is 0 Å². The first kappa shape index (κ1) is 40.4. The van der Waals surface area contributed by atoms with Gasteiger partial charge in [0.05, 0.1) is 22.1 Å². The summed E-state index contributed by atoms with van der Waals surface area (Å²) in [6, 6.07) is 80.2. The number of para-hydroxylation sites is 3. The molecule has 3 aromatic heterocycles. The Labute approximate surface area is 400 Å². The van der Waals surface area contributed by atoms with Gasteiger partial charge < -0.3 is 9.13 Å². The monoisotopic (exact) mass is 883 g/mol. The molecule has 0 spiro atoms. The van der Waals surface area contributed by atoms with E-state index < -0.39 is 0 Å². The summed E-state index contributed by atoms with van der Waals surface area (Å²) in [5, 5.41) is 4.93. The average Bonchev–Trinajstić information content (AvgIpc) is 3.94. The molecule has 5 nitrogen and oxygen atoms in total. The van der Waals surface area contributed by atoms with Crippen molar-refractivity contribution in [3.63, 3.8) is 0 Å². The minimum atomic E-state index is -0.0750. The molecule has 0 amide bonds. The van der Waals surface area contributed by atoms with Crippen LogP contribution in [0.4, 0.5) is 0 Å². The van der Waals surface area contributed by atoms with Crippen LogP contribution in [0.5, 0.6) is 0 Å². The zero-order chi connectivity index (χ0) is 45.8. The zero-order valence-electron chi connectivity index (χ0n) is 38.0. The van der Waals surface area contributed by atoms with Gasteiger partial charge in [-0.3, -0.25) is 0 Å². The molecule has 326 valence electrons. The quantitative estimate of drug-likeness (QED) is 0.153. The van der Waals surface area contributed by atoms with Crippen LogP contribution >= 0.6 is 0 Å². The van der Waals surface area contributed by atoms with Crippen molar-refractivity contribution in [1.29, 1.82) is 0 Å². The fourth-order valence-corrected chi connectivity index (χ4v) is 10.4. The van der Waals surface area contributed by atoms with E-state index in [0.717, 1.165) is 56.1 Å².